The quantitative estimate of drug-likeness (QED) is 0.923. The van der Waals surface area contributed by atoms with Crippen LogP contribution in [0.1, 0.15) is 15.9 Å². The Morgan fingerprint density at radius 3 is 2.24 bits per heavy atom. The maximum Gasteiger partial charge on any atom is 0.323 e. The van der Waals surface area contributed by atoms with Gasteiger partial charge in [0.2, 0.25) is 0 Å². The van der Waals surface area contributed by atoms with E-state index in [4.69, 9.17) is 16.7 Å². The molecule has 0 unspecified atom stereocenters. The molecule has 1 N–H and O–H groups in total. The molecule has 0 fully saturated rings. The lowest BCUT2D eigenvalue weighted by molar-refractivity contribution is -0.137. The average molecular weight is 304 g/mol. The van der Waals surface area contributed by atoms with Crippen molar-refractivity contribution >= 4 is 23.5 Å². The summed E-state index contributed by atoms with van der Waals surface area (Å²) in [5, 5.41) is 9.31. The standard InChI is InChI=1S/C16H14ClNO3/c17-14-9-5-4-8-13(14)16(21)18(11-15(19)20)10-12-6-2-1-3-7-12/h1-9H,10-11H2,(H,19,20). The van der Waals surface area contributed by atoms with Crippen LogP contribution in [0, 0.1) is 0 Å². The summed E-state index contributed by atoms with van der Waals surface area (Å²) in [7, 11) is 0. The summed E-state index contributed by atoms with van der Waals surface area (Å²) in [6, 6.07) is 15.8. The van der Waals surface area contributed by atoms with Crippen LogP contribution in [0.3, 0.4) is 0 Å². The molecule has 5 heteroatoms. The molecule has 0 aliphatic carbocycles. The minimum absolute atomic E-state index is 0.219. The second kappa shape index (κ2) is 6.90. The molecule has 0 saturated carbocycles. The number of carbonyl (C=O) groups is 2. The van der Waals surface area contributed by atoms with E-state index < -0.39 is 11.9 Å². The van der Waals surface area contributed by atoms with Crippen molar-refractivity contribution in [2.75, 3.05) is 6.54 Å². The van der Waals surface area contributed by atoms with E-state index in [1.165, 1.54) is 4.90 Å². The van der Waals surface area contributed by atoms with Crippen LogP contribution in [0.15, 0.2) is 54.6 Å². The Balaban J connectivity index is 2.25. The number of carboxylic acid groups (broad SMARTS) is 1. The molecule has 4 nitrogen and oxygen atoms in total. The summed E-state index contributed by atoms with van der Waals surface area (Å²) in [6.07, 6.45) is 0. The van der Waals surface area contributed by atoms with Gasteiger partial charge in [0.05, 0.1) is 10.6 Å². The Morgan fingerprint density at radius 2 is 1.62 bits per heavy atom. The van der Waals surface area contributed by atoms with Crippen molar-refractivity contribution in [3.05, 3.63) is 70.7 Å². The number of carbonyl (C=O) groups excluding carboxylic acids is 1. The van der Waals surface area contributed by atoms with E-state index in [0.717, 1.165) is 5.56 Å². The van der Waals surface area contributed by atoms with Gasteiger partial charge in [-0.05, 0) is 17.7 Å². The summed E-state index contributed by atoms with van der Waals surface area (Å²) < 4.78 is 0. The number of benzene rings is 2. The fourth-order valence-corrected chi connectivity index (χ4v) is 2.19. The molecule has 0 aliphatic rings. The van der Waals surface area contributed by atoms with Gasteiger partial charge in [-0.3, -0.25) is 9.59 Å². The molecule has 2 aromatic rings. The van der Waals surface area contributed by atoms with E-state index in [1.807, 2.05) is 30.3 Å². The molecule has 0 aromatic heterocycles. The highest BCUT2D eigenvalue weighted by Crippen LogP contribution is 2.18. The molecule has 0 heterocycles. The van der Waals surface area contributed by atoms with Gasteiger partial charge >= 0.3 is 5.97 Å². The molecule has 0 spiro atoms. The Bertz CT molecular complexity index is 643. The highest BCUT2D eigenvalue weighted by Gasteiger charge is 2.20. The van der Waals surface area contributed by atoms with Gasteiger partial charge in [0, 0.05) is 6.54 Å². The molecule has 0 saturated heterocycles. The van der Waals surface area contributed by atoms with Gasteiger partial charge in [0.15, 0.2) is 0 Å². The zero-order valence-electron chi connectivity index (χ0n) is 11.2. The topological polar surface area (TPSA) is 57.6 Å². The molecule has 2 aromatic carbocycles. The smallest absolute Gasteiger partial charge is 0.323 e. The Labute approximate surface area is 127 Å². The SMILES string of the molecule is O=C(O)CN(Cc1ccccc1)C(=O)c1ccccc1Cl. The van der Waals surface area contributed by atoms with Gasteiger partial charge in [-0.25, -0.2) is 0 Å². The lowest BCUT2D eigenvalue weighted by Crippen LogP contribution is -2.35. The first-order valence-electron chi connectivity index (χ1n) is 6.37. The molecule has 1 amide bonds. The van der Waals surface area contributed by atoms with E-state index in [-0.39, 0.29) is 13.1 Å². The predicted octanol–water partition coefficient (Wildman–Crippen LogP) is 3.07. The van der Waals surface area contributed by atoms with Crippen molar-refractivity contribution in [1.82, 2.24) is 4.90 Å². The maximum atomic E-state index is 12.5. The van der Waals surface area contributed by atoms with E-state index in [2.05, 4.69) is 0 Å². The van der Waals surface area contributed by atoms with Crippen LogP contribution in [0.4, 0.5) is 0 Å². The van der Waals surface area contributed by atoms with Crippen LogP contribution >= 0.6 is 11.6 Å². The van der Waals surface area contributed by atoms with Crippen LogP contribution in [0.2, 0.25) is 5.02 Å². The summed E-state index contributed by atoms with van der Waals surface area (Å²) in [5.74, 6) is -1.46. The summed E-state index contributed by atoms with van der Waals surface area (Å²) >= 11 is 6.01. The van der Waals surface area contributed by atoms with Crippen LogP contribution in [-0.2, 0) is 11.3 Å². The number of hydrogen-bond donors (Lipinski definition) is 1. The predicted molar refractivity (Wildman–Crippen MR) is 80.3 cm³/mol. The van der Waals surface area contributed by atoms with Crippen molar-refractivity contribution in [3.8, 4) is 0 Å². The van der Waals surface area contributed by atoms with E-state index in [0.29, 0.717) is 10.6 Å². The summed E-state index contributed by atoms with van der Waals surface area (Å²) in [5.41, 5.74) is 1.16. The Kier molecular flexibility index (Phi) is 4.95. The van der Waals surface area contributed by atoms with Crippen molar-refractivity contribution in [1.29, 1.82) is 0 Å². The molecule has 0 aliphatic heterocycles. The fourth-order valence-electron chi connectivity index (χ4n) is 1.97. The van der Waals surface area contributed by atoms with Crippen molar-refractivity contribution in [2.24, 2.45) is 0 Å². The van der Waals surface area contributed by atoms with Gasteiger partial charge in [-0.15, -0.1) is 0 Å². The first-order chi connectivity index (χ1) is 10.1. The number of nitrogens with zero attached hydrogens (tertiary/aromatic N) is 1. The van der Waals surface area contributed by atoms with Crippen LogP contribution in [-0.4, -0.2) is 28.4 Å². The minimum Gasteiger partial charge on any atom is -0.480 e. The zero-order chi connectivity index (χ0) is 15.2. The number of amides is 1. The summed E-state index contributed by atoms with van der Waals surface area (Å²) in [4.78, 5) is 24.7. The average Bonchev–Trinajstić information content (AvgIpc) is 2.47. The maximum absolute atomic E-state index is 12.5. The third-order valence-corrected chi connectivity index (χ3v) is 3.26. The molecule has 0 bridgehead atoms. The largest absolute Gasteiger partial charge is 0.480 e. The van der Waals surface area contributed by atoms with E-state index >= 15 is 0 Å². The van der Waals surface area contributed by atoms with Gasteiger partial charge in [0.1, 0.15) is 6.54 Å². The molecule has 0 radical (unpaired) electrons. The third-order valence-electron chi connectivity index (χ3n) is 2.93. The number of halogens is 1. The number of hydrogen-bond acceptors (Lipinski definition) is 2. The molecule has 108 valence electrons. The second-order valence-electron chi connectivity index (χ2n) is 4.52. The van der Waals surface area contributed by atoms with Gasteiger partial charge in [0.25, 0.3) is 5.91 Å². The van der Waals surface area contributed by atoms with Gasteiger partial charge in [-0.1, -0.05) is 54.1 Å². The lowest BCUT2D eigenvalue weighted by atomic mass is 10.1. The highest BCUT2D eigenvalue weighted by molar-refractivity contribution is 6.33. The van der Waals surface area contributed by atoms with Crippen molar-refractivity contribution in [3.63, 3.8) is 0 Å². The van der Waals surface area contributed by atoms with E-state index in [1.54, 1.807) is 24.3 Å². The number of aliphatic carboxylic acids is 1. The van der Waals surface area contributed by atoms with Crippen LogP contribution in [0.5, 0.6) is 0 Å². The second-order valence-corrected chi connectivity index (χ2v) is 4.93. The fraction of sp³-hybridized carbons (Fsp3) is 0.125. The molecule has 21 heavy (non-hydrogen) atoms. The Morgan fingerprint density at radius 1 is 1.00 bits per heavy atom. The zero-order valence-corrected chi connectivity index (χ0v) is 12.0. The Hall–Kier alpha value is -2.33. The van der Waals surface area contributed by atoms with Crippen molar-refractivity contribution < 1.29 is 14.7 Å². The van der Waals surface area contributed by atoms with Gasteiger partial charge < -0.3 is 10.0 Å². The number of carboxylic acids is 1. The summed E-state index contributed by atoms with van der Waals surface area (Å²) in [6.45, 7) is -0.157. The normalized spacial score (nSPS) is 10.1. The van der Waals surface area contributed by atoms with Crippen LogP contribution < -0.4 is 0 Å². The van der Waals surface area contributed by atoms with Gasteiger partial charge in [-0.2, -0.15) is 0 Å². The van der Waals surface area contributed by atoms with Crippen LogP contribution in [0.25, 0.3) is 0 Å². The first-order valence-corrected chi connectivity index (χ1v) is 6.75. The minimum atomic E-state index is -1.06. The highest BCUT2D eigenvalue weighted by atomic mass is 35.5. The monoisotopic (exact) mass is 303 g/mol. The van der Waals surface area contributed by atoms with E-state index in [9.17, 15) is 9.59 Å². The third kappa shape index (κ3) is 4.07. The molecular weight excluding hydrogens is 290 g/mol. The molecule has 0 atom stereocenters. The lowest BCUT2D eigenvalue weighted by Gasteiger charge is -2.21. The van der Waals surface area contributed by atoms with Crippen molar-refractivity contribution in [2.45, 2.75) is 6.54 Å². The molecule has 2 rings (SSSR count). The molecular formula is C16H14ClNO3. The first kappa shape index (κ1) is 15.1. The number of rotatable bonds is 5.